The summed E-state index contributed by atoms with van der Waals surface area (Å²) in [5.74, 6) is 1.03. The van der Waals surface area contributed by atoms with E-state index < -0.39 is 0 Å². The van der Waals surface area contributed by atoms with Crippen LogP contribution in [0.15, 0.2) is 108 Å². The lowest BCUT2D eigenvalue weighted by Crippen LogP contribution is -2.00. The summed E-state index contributed by atoms with van der Waals surface area (Å²) in [6, 6.07) is 23.3. The number of furan rings is 1. The van der Waals surface area contributed by atoms with Crippen molar-refractivity contribution >= 4 is 61.1 Å². The molecule has 0 aliphatic carbocycles. The van der Waals surface area contributed by atoms with Gasteiger partial charge in [-0.25, -0.2) is 0 Å². The zero-order valence-corrected chi connectivity index (χ0v) is 23.3. The molecule has 4 aromatic carbocycles. The van der Waals surface area contributed by atoms with Crippen LogP contribution in [0.5, 0.6) is 5.75 Å². The van der Waals surface area contributed by atoms with Crippen LogP contribution in [0.3, 0.4) is 0 Å². The maximum Gasteiger partial charge on any atom is 0.214 e. The van der Waals surface area contributed by atoms with Gasteiger partial charge in [0.1, 0.15) is 27.8 Å². The van der Waals surface area contributed by atoms with Gasteiger partial charge in [-0.1, -0.05) is 73.3 Å². The lowest BCUT2D eigenvalue weighted by molar-refractivity contribution is 0.446. The molecule has 0 amide bonds. The van der Waals surface area contributed by atoms with E-state index in [0.717, 1.165) is 55.6 Å². The van der Waals surface area contributed by atoms with Gasteiger partial charge in [0.05, 0.1) is 22.1 Å². The van der Waals surface area contributed by atoms with Crippen molar-refractivity contribution in [1.82, 2.24) is 8.97 Å². The average Bonchev–Trinajstić information content (AvgIpc) is 3.56. The molecule has 0 fully saturated rings. The second-order valence-corrected chi connectivity index (χ2v) is 10.7. The monoisotopic (exact) mass is 542 g/mol. The fourth-order valence-electron chi connectivity index (χ4n) is 5.94. The van der Waals surface area contributed by atoms with Crippen molar-refractivity contribution in [1.29, 1.82) is 0 Å². The molecule has 3 aromatic heterocycles. The van der Waals surface area contributed by atoms with Crippen LogP contribution in [-0.2, 0) is 0 Å². The molecule has 0 N–H and O–H groups in total. The van der Waals surface area contributed by atoms with Gasteiger partial charge in [0, 0.05) is 5.39 Å². The standard InChI is InChI=1S/C35H27ClN2O2/c1-6-7-10-23(5)39-30-18-21(3)16-27(33(30)36)37-31-19-26-32-25-12-9-8-11-24(25)13-14-29(32)40-35(26)38(31)28-17-20(2)15-22(4)34(28)37/h6-19H,1,5H2,2-4H3/b10-7-. The summed E-state index contributed by atoms with van der Waals surface area (Å²) in [6.07, 6.45) is 5.23. The lowest BCUT2D eigenvalue weighted by Gasteiger charge is -2.15. The van der Waals surface area contributed by atoms with E-state index >= 15 is 0 Å². The van der Waals surface area contributed by atoms with Gasteiger partial charge in [0.2, 0.25) is 5.71 Å². The number of aromatic nitrogens is 2. The number of ether oxygens (including phenoxy) is 1. The Morgan fingerprint density at radius 2 is 1.75 bits per heavy atom. The topological polar surface area (TPSA) is 31.7 Å². The quantitative estimate of drug-likeness (QED) is 0.160. The summed E-state index contributed by atoms with van der Waals surface area (Å²) in [5, 5.41) is 5.05. The number of fused-ring (bicyclic) bond motifs is 9. The van der Waals surface area contributed by atoms with Crippen LogP contribution in [0.1, 0.15) is 16.7 Å². The molecule has 0 saturated carbocycles. The smallest absolute Gasteiger partial charge is 0.214 e. The summed E-state index contributed by atoms with van der Waals surface area (Å²) in [6.45, 7) is 14.0. The Labute approximate surface area is 236 Å². The second-order valence-electron chi connectivity index (χ2n) is 10.4. The van der Waals surface area contributed by atoms with E-state index in [2.05, 4.69) is 96.6 Å². The minimum atomic E-state index is 0.478. The van der Waals surface area contributed by atoms with Crippen LogP contribution in [0.4, 0.5) is 0 Å². The van der Waals surface area contributed by atoms with E-state index in [0.29, 0.717) is 16.5 Å². The van der Waals surface area contributed by atoms with Crippen LogP contribution in [0.25, 0.3) is 55.2 Å². The predicted molar refractivity (Wildman–Crippen MR) is 167 cm³/mol. The fourth-order valence-corrected chi connectivity index (χ4v) is 6.17. The molecule has 3 heterocycles. The maximum absolute atomic E-state index is 7.12. The maximum atomic E-state index is 7.12. The third kappa shape index (κ3) is 3.53. The third-order valence-corrected chi connectivity index (χ3v) is 7.87. The highest BCUT2D eigenvalue weighted by Crippen LogP contribution is 2.42. The second kappa shape index (κ2) is 8.94. The Kier molecular flexibility index (Phi) is 5.45. The number of aryl methyl sites for hydroxylation is 3. The molecule has 4 nitrogen and oxygen atoms in total. The molecule has 0 aliphatic heterocycles. The lowest BCUT2D eigenvalue weighted by atomic mass is 10.1. The van der Waals surface area contributed by atoms with E-state index in [4.69, 9.17) is 20.8 Å². The third-order valence-electron chi connectivity index (χ3n) is 7.49. The Morgan fingerprint density at radius 3 is 2.58 bits per heavy atom. The average molecular weight is 543 g/mol. The summed E-state index contributed by atoms with van der Waals surface area (Å²) in [7, 11) is 0. The van der Waals surface area contributed by atoms with Crippen molar-refractivity contribution < 1.29 is 9.15 Å². The summed E-state index contributed by atoms with van der Waals surface area (Å²) in [4.78, 5) is 0. The first kappa shape index (κ1) is 24.4. The Bertz CT molecular complexity index is 2220. The number of imidazole rings is 1. The van der Waals surface area contributed by atoms with Crippen LogP contribution in [-0.4, -0.2) is 8.97 Å². The first-order valence-electron chi connectivity index (χ1n) is 13.2. The molecule has 0 radical (unpaired) electrons. The largest absolute Gasteiger partial charge is 0.456 e. The van der Waals surface area contributed by atoms with E-state index in [1.807, 2.05) is 13.0 Å². The molecule has 0 atom stereocenters. The van der Waals surface area contributed by atoms with Gasteiger partial charge < -0.3 is 9.15 Å². The van der Waals surface area contributed by atoms with E-state index in [1.165, 1.54) is 16.3 Å². The van der Waals surface area contributed by atoms with Gasteiger partial charge in [-0.15, -0.1) is 0 Å². The Morgan fingerprint density at radius 1 is 0.950 bits per heavy atom. The first-order chi connectivity index (χ1) is 19.4. The van der Waals surface area contributed by atoms with Gasteiger partial charge in [-0.2, -0.15) is 0 Å². The summed E-state index contributed by atoms with van der Waals surface area (Å²) < 4.78 is 17.1. The molecular formula is C35H27ClN2O2. The molecule has 5 heteroatoms. The SMILES string of the molecule is C=C/C=C\C(=C)Oc1cc(C)cc(-n2c3c(C)cc(C)cc3n3c4oc5ccc6ccccc6c5c4cc23)c1Cl. The van der Waals surface area contributed by atoms with Gasteiger partial charge in [0.15, 0.2) is 0 Å². The van der Waals surface area contributed by atoms with Crippen LogP contribution in [0, 0.1) is 20.8 Å². The fraction of sp³-hybridized carbons (Fsp3) is 0.0857. The number of allylic oxidation sites excluding steroid dienone is 3. The molecule has 0 unspecified atom stereocenters. The number of rotatable bonds is 5. The van der Waals surface area contributed by atoms with E-state index in [-0.39, 0.29) is 0 Å². The Balaban J connectivity index is 1.60. The van der Waals surface area contributed by atoms with Crippen LogP contribution < -0.4 is 4.74 Å². The normalized spacial score (nSPS) is 12.1. The summed E-state index contributed by atoms with van der Waals surface area (Å²) >= 11 is 7.12. The van der Waals surface area contributed by atoms with Crippen molar-refractivity contribution in [2.45, 2.75) is 20.8 Å². The number of hydrogen-bond acceptors (Lipinski definition) is 2. The Hall–Kier alpha value is -4.67. The van der Waals surface area contributed by atoms with Crippen molar-refractivity contribution in [2.24, 2.45) is 0 Å². The van der Waals surface area contributed by atoms with Crippen LogP contribution >= 0.6 is 11.6 Å². The molecule has 40 heavy (non-hydrogen) atoms. The molecule has 0 saturated heterocycles. The van der Waals surface area contributed by atoms with Crippen molar-refractivity contribution in [3.63, 3.8) is 0 Å². The molecular weight excluding hydrogens is 516 g/mol. The zero-order valence-electron chi connectivity index (χ0n) is 22.6. The molecule has 196 valence electrons. The highest BCUT2D eigenvalue weighted by Gasteiger charge is 2.24. The van der Waals surface area contributed by atoms with E-state index in [9.17, 15) is 0 Å². The van der Waals surface area contributed by atoms with Gasteiger partial charge >= 0.3 is 0 Å². The highest BCUT2D eigenvalue weighted by atomic mass is 35.5. The molecule has 0 spiro atoms. The molecule has 0 bridgehead atoms. The number of benzene rings is 4. The van der Waals surface area contributed by atoms with Crippen molar-refractivity contribution in [3.8, 4) is 11.4 Å². The van der Waals surface area contributed by atoms with Gasteiger partial charge in [0.25, 0.3) is 0 Å². The van der Waals surface area contributed by atoms with Gasteiger partial charge in [-0.3, -0.25) is 8.97 Å². The minimum absolute atomic E-state index is 0.478. The molecule has 7 rings (SSSR count). The summed E-state index contributed by atoms with van der Waals surface area (Å²) in [5.41, 5.74) is 8.96. The number of nitrogens with zero attached hydrogens (tertiary/aromatic N) is 2. The van der Waals surface area contributed by atoms with Crippen LogP contribution in [0.2, 0.25) is 5.02 Å². The minimum Gasteiger partial charge on any atom is -0.456 e. The van der Waals surface area contributed by atoms with Crippen molar-refractivity contribution in [2.75, 3.05) is 0 Å². The zero-order chi connectivity index (χ0) is 27.7. The molecule has 7 aromatic rings. The van der Waals surface area contributed by atoms with Gasteiger partial charge in [-0.05, 0) is 84.6 Å². The number of halogens is 1. The molecule has 0 aliphatic rings. The first-order valence-corrected chi connectivity index (χ1v) is 13.6. The number of hydrogen-bond donors (Lipinski definition) is 0. The van der Waals surface area contributed by atoms with E-state index in [1.54, 1.807) is 18.2 Å². The highest BCUT2D eigenvalue weighted by molar-refractivity contribution is 6.34. The van der Waals surface area contributed by atoms with Crippen molar-refractivity contribution in [3.05, 3.63) is 126 Å². The predicted octanol–water partition coefficient (Wildman–Crippen LogP) is 10.1.